The van der Waals surface area contributed by atoms with Crippen molar-refractivity contribution in [1.82, 2.24) is 0 Å². The van der Waals surface area contributed by atoms with E-state index >= 15 is 0 Å². The van der Waals surface area contributed by atoms with E-state index in [0.29, 0.717) is 0 Å². The number of hydrogen-bond acceptors (Lipinski definition) is 1. The molecular weight excluding hydrogens is 518 g/mol. The van der Waals surface area contributed by atoms with Crippen LogP contribution in [0.1, 0.15) is 0 Å². The van der Waals surface area contributed by atoms with Gasteiger partial charge in [0.25, 0.3) is 0 Å². The van der Waals surface area contributed by atoms with Gasteiger partial charge < -0.3 is 4.90 Å². The molecule has 0 saturated heterocycles. The molecule has 0 fully saturated rings. The summed E-state index contributed by atoms with van der Waals surface area (Å²) in [5, 5.41) is 7.79. The highest BCUT2D eigenvalue weighted by molar-refractivity contribution is 6.25. The number of anilines is 3. The van der Waals surface area contributed by atoms with Crippen LogP contribution in [0.15, 0.2) is 164 Å². The van der Waals surface area contributed by atoms with E-state index in [9.17, 15) is 0 Å². The first-order valence-corrected chi connectivity index (χ1v) is 14.9. The summed E-state index contributed by atoms with van der Waals surface area (Å²) in [6.45, 7) is 0. The summed E-state index contributed by atoms with van der Waals surface area (Å²) in [7, 11) is 0. The van der Waals surface area contributed by atoms with Gasteiger partial charge in [0.15, 0.2) is 0 Å². The fraction of sp³-hybridized carbons (Fsp3) is 0. The molecule has 8 aromatic rings. The monoisotopic (exact) mass is 545 g/mol. The SMILES string of the molecule is c1ccc(N2c3ccccc3-c3ccccc3-c3cc(-c4ccc5c6ccccc6c6ccccc6c5c4)ccc32)cc1. The molecule has 0 radical (unpaired) electrons. The normalized spacial score (nSPS) is 12.1. The Morgan fingerprint density at radius 2 is 0.744 bits per heavy atom. The van der Waals surface area contributed by atoms with Crippen molar-refractivity contribution in [2.45, 2.75) is 0 Å². The molecule has 0 atom stereocenters. The molecule has 1 heteroatoms. The maximum absolute atomic E-state index is 2.41. The second-order valence-corrected chi connectivity index (χ2v) is 11.3. The molecule has 0 aromatic heterocycles. The largest absolute Gasteiger partial charge is 0.309 e. The number of hydrogen-bond donors (Lipinski definition) is 0. The van der Waals surface area contributed by atoms with Crippen LogP contribution in [-0.4, -0.2) is 0 Å². The van der Waals surface area contributed by atoms with Gasteiger partial charge in [0.2, 0.25) is 0 Å². The predicted octanol–water partition coefficient (Wildman–Crippen LogP) is 11.9. The summed E-state index contributed by atoms with van der Waals surface area (Å²) < 4.78 is 0. The molecule has 200 valence electrons. The first-order chi connectivity index (χ1) is 21.3. The summed E-state index contributed by atoms with van der Waals surface area (Å²) in [4.78, 5) is 2.41. The number of benzene rings is 8. The fourth-order valence-corrected chi connectivity index (χ4v) is 7.05. The van der Waals surface area contributed by atoms with Crippen LogP contribution >= 0.6 is 0 Å². The minimum Gasteiger partial charge on any atom is -0.309 e. The summed E-state index contributed by atoms with van der Waals surface area (Å²) in [5.74, 6) is 0. The van der Waals surface area contributed by atoms with E-state index in [4.69, 9.17) is 0 Å². The molecule has 0 spiro atoms. The Hall–Kier alpha value is -5.66. The van der Waals surface area contributed by atoms with Gasteiger partial charge in [-0.25, -0.2) is 0 Å². The molecule has 1 aliphatic heterocycles. The van der Waals surface area contributed by atoms with Crippen molar-refractivity contribution in [2.75, 3.05) is 4.90 Å². The van der Waals surface area contributed by atoms with Crippen LogP contribution < -0.4 is 4.90 Å². The number of para-hydroxylation sites is 2. The Balaban J connectivity index is 1.31. The standard InChI is InChI=1S/C42H27N/c1-2-12-30(13-3-1)43-41-21-11-10-20-38(41)34-17-7-9-19-36(34)40-27-29(23-25-42(40)43)28-22-24-37-33-16-5-4-14-31(33)32-15-6-8-18-35(32)39(37)26-28/h1-27H. The van der Waals surface area contributed by atoms with Crippen molar-refractivity contribution in [3.63, 3.8) is 0 Å². The Morgan fingerprint density at radius 3 is 1.44 bits per heavy atom. The van der Waals surface area contributed by atoms with Crippen molar-refractivity contribution >= 4 is 49.4 Å². The molecule has 0 bridgehead atoms. The van der Waals surface area contributed by atoms with Gasteiger partial charge >= 0.3 is 0 Å². The van der Waals surface area contributed by atoms with Crippen LogP contribution in [0.25, 0.3) is 65.7 Å². The zero-order chi connectivity index (χ0) is 28.3. The molecule has 0 N–H and O–H groups in total. The number of nitrogens with zero attached hydrogens (tertiary/aromatic N) is 1. The number of fused-ring (bicyclic) bond motifs is 11. The maximum atomic E-state index is 2.41. The molecule has 0 saturated carbocycles. The number of rotatable bonds is 2. The third-order valence-electron chi connectivity index (χ3n) is 8.98. The summed E-state index contributed by atoms with van der Waals surface area (Å²) in [6, 6.07) is 59.9. The Bertz CT molecular complexity index is 2310. The van der Waals surface area contributed by atoms with Crippen LogP contribution in [0.2, 0.25) is 0 Å². The van der Waals surface area contributed by atoms with E-state index in [0.717, 1.165) is 5.69 Å². The maximum Gasteiger partial charge on any atom is 0.0540 e. The third-order valence-corrected chi connectivity index (χ3v) is 8.98. The molecule has 9 rings (SSSR count). The van der Waals surface area contributed by atoms with Crippen molar-refractivity contribution in [3.8, 4) is 33.4 Å². The zero-order valence-corrected chi connectivity index (χ0v) is 23.5. The molecule has 0 unspecified atom stereocenters. The topological polar surface area (TPSA) is 3.24 Å². The molecule has 8 aromatic carbocycles. The summed E-state index contributed by atoms with van der Waals surface area (Å²) in [5.41, 5.74) is 10.9. The van der Waals surface area contributed by atoms with Crippen LogP contribution in [-0.2, 0) is 0 Å². The lowest BCUT2D eigenvalue weighted by Gasteiger charge is -2.27. The van der Waals surface area contributed by atoms with E-state index in [2.05, 4.69) is 169 Å². The molecule has 0 aliphatic carbocycles. The van der Waals surface area contributed by atoms with Crippen LogP contribution in [0.4, 0.5) is 17.1 Å². The van der Waals surface area contributed by atoms with Crippen molar-refractivity contribution < 1.29 is 0 Å². The summed E-state index contributed by atoms with van der Waals surface area (Å²) >= 11 is 0. The van der Waals surface area contributed by atoms with Gasteiger partial charge in [-0.15, -0.1) is 0 Å². The molecule has 0 amide bonds. The van der Waals surface area contributed by atoms with E-state index < -0.39 is 0 Å². The first kappa shape index (κ1) is 24.0. The Kier molecular flexibility index (Phi) is 5.27. The van der Waals surface area contributed by atoms with Crippen molar-refractivity contribution in [1.29, 1.82) is 0 Å². The van der Waals surface area contributed by atoms with Crippen LogP contribution in [0.5, 0.6) is 0 Å². The Labute approximate surface area is 250 Å². The predicted molar refractivity (Wildman–Crippen MR) is 184 cm³/mol. The molecule has 1 nitrogen and oxygen atoms in total. The lowest BCUT2D eigenvalue weighted by Crippen LogP contribution is -2.10. The van der Waals surface area contributed by atoms with Gasteiger partial charge in [0, 0.05) is 16.8 Å². The van der Waals surface area contributed by atoms with Gasteiger partial charge in [0.1, 0.15) is 0 Å². The van der Waals surface area contributed by atoms with Gasteiger partial charge in [-0.2, -0.15) is 0 Å². The lowest BCUT2D eigenvalue weighted by molar-refractivity contribution is 1.29. The van der Waals surface area contributed by atoms with Crippen molar-refractivity contribution in [3.05, 3.63) is 164 Å². The fourth-order valence-electron chi connectivity index (χ4n) is 7.05. The molecule has 1 heterocycles. The minimum atomic E-state index is 1.15. The van der Waals surface area contributed by atoms with Gasteiger partial charge in [-0.05, 0) is 91.0 Å². The average molecular weight is 546 g/mol. The van der Waals surface area contributed by atoms with E-state index in [1.807, 2.05) is 0 Å². The van der Waals surface area contributed by atoms with Gasteiger partial charge in [0.05, 0.1) is 11.4 Å². The quantitative estimate of drug-likeness (QED) is 0.195. The average Bonchev–Trinajstić information content (AvgIpc) is 3.21. The third kappa shape index (κ3) is 3.65. The van der Waals surface area contributed by atoms with Gasteiger partial charge in [-0.3, -0.25) is 0 Å². The van der Waals surface area contributed by atoms with Crippen LogP contribution in [0.3, 0.4) is 0 Å². The Morgan fingerprint density at radius 1 is 0.279 bits per heavy atom. The van der Waals surface area contributed by atoms with E-state index in [-0.39, 0.29) is 0 Å². The highest BCUT2D eigenvalue weighted by Gasteiger charge is 2.26. The highest BCUT2D eigenvalue weighted by Crippen LogP contribution is 2.51. The second-order valence-electron chi connectivity index (χ2n) is 11.3. The summed E-state index contributed by atoms with van der Waals surface area (Å²) in [6.07, 6.45) is 0. The van der Waals surface area contributed by atoms with E-state index in [1.54, 1.807) is 0 Å². The smallest absolute Gasteiger partial charge is 0.0540 e. The minimum absolute atomic E-state index is 1.15. The highest BCUT2D eigenvalue weighted by atomic mass is 15.1. The lowest BCUT2D eigenvalue weighted by atomic mass is 9.90. The first-order valence-electron chi connectivity index (χ1n) is 14.9. The second kappa shape index (κ2) is 9.44. The van der Waals surface area contributed by atoms with Crippen LogP contribution in [0, 0.1) is 0 Å². The van der Waals surface area contributed by atoms with E-state index in [1.165, 1.54) is 77.1 Å². The molecule has 1 aliphatic rings. The van der Waals surface area contributed by atoms with Crippen molar-refractivity contribution in [2.24, 2.45) is 0 Å². The zero-order valence-electron chi connectivity index (χ0n) is 23.5. The molecular formula is C42H27N. The van der Waals surface area contributed by atoms with Gasteiger partial charge in [-0.1, -0.05) is 127 Å². The molecule has 43 heavy (non-hydrogen) atoms.